The molecule has 58 valence electrons. The lowest BCUT2D eigenvalue weighted by molar-refractivity contribution is 0.0690. The second-order valence-electron chi connectivity index (χ2n) is 1.84. The highest BCUT2D eigenvalue weighted by Crippen LogP contribution is 1.98. The molecule has 0 bridgehead atoms. The third-order valence-electron chi connectivity index (χ3n) is 1.13. The number of anilines is 1. The Labute approximate surface area is 63.1 Å². The quantitative estimate of drug-likeness (QED) is 0.635. The summed E-state index contributed by atoms with van der Waals surface area (Å²) in [5, 5.41) is 11.2. The molecule has 0 spiro atoms. The van der Waals surface area contributed by atoms with Crippen molar-refractivity contribution in [1.82, 2.24) is 9.97 Å². The fourth-order valence-electron chi connectivity index (χ4n) is 0.568. The van der Waals surface area contributed by atoms with Crippen LogP contribution in [0.15, 0.2) is 12.4 Å². The number of hydrogen-bond acceptors (Lipinski definition) is 4. The zero-order valence-corrected chi connectivity index (χ0v) is 5.90. The van der Waals surface area contributed by atoms with E-state index in [1.165, 1.54) is 12.4 Å². The molecule has 0 unspecified atom stereocenters. The number of carboxylic acid groups (broad SMARTS) is 1. The van der Waals surface area contributed by atoms with E-state index in [2.05, 4.69) is 15.3 Å². The zero-order chi connectivity index (χ0) is 8.27. The van der Waals surface area contributed by atoms with Crippen molar-refractivity contribution in [2.45, 2.75) is 0 Å². The molecule has 1 rings (SSSR count). The summed E-state index contributed by atoms with van der Waals surface area (Å²) in [6.07, 6.45) is 2.57. The van der Waals surface area contributed by atoms with Gasteiger partial charge in [0.1, 0.15) is 5.82 Å². The molecular weight excluding hydrogens is 146 g/mol. The van der Waals surface area contributed by atoms with Gasteiger partial charge in [0.15, 0.2) is 5.69 Å². The normalized spacial score (nSPS) is 9.18. The molecule has 5 nitrogen and oxygen atoms in total. The lowest BCUT2D eigenvalue weighted by Gasteiger charge is -1.96. The molecule has 0 saturated carbocycles. The minimum atomic E-state index is -1.07. The number of carbonyl (C=O) groups is 1. The Kier molecular flexibility index (Phi) is 2.00. The predicted octanol–water partition coefficient (Wildman–Crippen LogP) is 0.216. The van der Waals surface area contributed by atoms with Gasteiger partial charge in [-0.3, -0.25) is 0 Å². The molecule has 2 N–H and O–H groups in total. The van der Waals surface area contributed by atoms with Gasteiger partial charge in [-0.1, -0.05) is 0 Å². The van der Waals surface area contributed by atoms with Gasteiger partial charge in [0.05, 0.1) is 12.4 Å². The van der Waals surface area contributed by atoms with Crippen molar-refractivity contribution in [3.63, 3.8) is 0 Å². The summed E-state index contributed by atoms with van der Waals surface area (Å²) in [5.74, 6) is -0.518. The Morgan fingerprint density at radius 3 is 2.64 bits per heavy atom. The van der Waals surface area contributed by atoms with E-state index in [9.17, 15) is 4.79 Å². The van der Waals surface area contributed by atoms with Crippen molar-refractivity contribution in [1.29, 1.82) is 0 Å². The molecule has 0 aliphatic rings. The van der Waals surface area contributed by atoms with Crippen LogP contribution in [-0.4, -0.2) is 28.1 Å². The standard InChI is InChI=1S/C6H7N3O2/c1-7-5-3-8-4(2-9-5)6(10)11/h2-3H,1H3,(H,7,9)(H,10,11). The lowest BCUT2D eigenvalue weighted by atomic mass is 10.4. The van der Waals surface area contributed by atoms with Gasteiger partial charge >= 0.3 is 5.97 Å². The molecule has 5 heteroatoms. The molecule has 0 aliphatic carbocycles. The third kappa shape index (κ3) is 1.64. The average Bonchev–Trinajstić information content (AvgIpc) is 2.05. The fourth-order valence-corrected chi connectivity index (χ4v) is 0.568. The van der Waals surface area contributed by atoms with Crippen LogP contribution < -0.4 is 5.32 Å². The van der Waals surface area contributed by atoms with Crippen molar-refractivity contribution in [2.75, 3.05) is 12.4 Å². The van der Waals surface area contributed by atoms with E-state index >= 15 is 0 Å². The van der Waals surface area contributed by atoms with Gasteiger partial charge in [0, 0.05) is 7.05 Å². The molecule has 1 heterocycles. The summed E-state index contributed by atoms with van der Waals surface area (Å²) in [6.45, 7) is 0. The van der Waals surface area contributed by atoms with Crippen LogP contribution in [0.2, 0.25) is 0 Å². The van der Waals surface area contributed by atoms with Gasteiger partial charge in [-0.2, -0.15) is 0 Å². The second kappa shape index (κ2) is 2.96. The zero-order valence-electron chi connectivity index (χ0n) is 5.90. The Morgan fingerprint density at radius 1 is 1.55 bits per heavy atom. The van der Waals surface area contributed by atoms with Crippen molar-refractivity contribution in [3.05, 3.63) is 18.1 Å². The van der Waals surface area contributed by atoms with E-state index in [0.29, 0.717) is 5.82 Å². The summed E-state index contributed by atoms with van der Waals surface area (Å²) in [4.78, 5) is 17.7. The number of nitrogens with zero attached hydrogens (tertiary/aromatic N) is 2. The Bertz CT molecular complexity index is 257. The Hall–Kier alpha value is -1.65. The topological polar surface area (TPSA) is 75.1 Å². The maximum absolute atomic E-state index is 10.3. The minimum absolute atomic E-state index is 0.0519. The van der Waals surface area contributed by atoms with Crippen LogP contribution in [-0.2, 0) is 0 Å². The van der Waals surface area contributed by atoms with E-state index in [0.717, 1.165) is 0 Å². The van der Waals surface area contributed by atoms with Crippen LogP contribution in [0, 0.1) is 0 Å². The smallest absolute Gasteiger partial charge is 0.356 e. The summed E-state index contributed by atoms with van der Waals surface area (Å²) in [7, 11) is 1.68. The first kappa shape index (κ1) is 7.46. The highest BCUT2D eigenvalue weighted by molar-refractivity contribution is 5.84. The Morgan fingerprint density at radius 2 is 2.27 bits per heavy atom. The maximum atomic E-state index is 10.3. The summed E-state index contributed by atoms with van der Waals surface area (Å²) < 4.78 is 0. The minimum Gasteiger partial charge on any atom is -0.476 e. The van der Waals surface area contributed by atoms with E-state index in [1.807, 2.05) is 0 Å². The molecule has 0 saturated heterocycles. The van der Waals surface area contributed by atoms with Crippen LogP contribution in [0.5, 0.6) is 0 Å². The van der Waals surface area contributed by atoms with Gasteiger partial charge in [0.25, 0.3) is 0 Å². The number of hydrogen-bond donors (Lipinski definition) is 2. The van der Waals surface area contributed by atoms with Crippen LogP contribution in [0.25, 0.3) is 0 Å². The number of aromatic nitrogens is 2. The van der Waals surface area contributed by atoms with Gasteiger partial charge in [-0.25, -0.2) is 14.8 Å². The van der Waals surface area contributed by atoms with Crippen LogP contribution in [0.1, 0.15) is 10.5 Å². The number of aromatic carboxylic acids is 1. The molecular formula is C6H7N3O2. The average molecular weight is 153 g/mol. The first-order chi connectivity index (χ1) is 5.24. The highest BCUT2D eigenvalue weighted by atomic mass is 16.4. The summed E-state index contributed by atoms with van der Waals surface area (Å²) in [6, 6.07) is 0. The molecule has 11 heavy (non-hydrogen) atoms. The van der Waals surface area contributed by atoms with Gasteiger partial charge in [-0.15, -0.1) is 0 Å². The van der Waals surface area contributed by atoms with Gasteiger partial charge in [0.2, 0.25) is 0 Å². The first-order valence-electron chi connectivity index (χ1n) is 2.97. The third-order valence-corrected chi connectivity index (χ3v) is 1.13. The molecule has 0 fully saturated rings. The van der Waals surface area contributed by atoms with E-state index in [4.69, 9.17) is 5.11 Å². The van der Waals surface area contributed by atoms with Crippen LogP contribution in [0.3, 0.4) is 0 Å². The Balaban J connectivity index is 2.91. The van der Waals surface area contributed by atoms with Crippen molar-refractivity contribution in [2.24, 2.45) is 0 Å². The predicted molar refractivity (Wildman–Crippen MR) is 38.5 cm³/mol. The van der Waals surface area contributed by atoms with Gasteiger partial charge < -0.3 is 10.4 Å². The SMILES string of the molecule is CNc1cnc(C(=O)O)cn1. The fraction of sp³-hybridized carbons (Fsp3) is 0.167. The van der Waals surface area contributed by atoms with Crippen molar-refractivity contribution in [3.8, 4) is 0 Å². The monoisotopic (exact) mass is 153 g/mol. The summed E-state index contributed by atoms with van der Waals surface area (Å²) in [5.41, 5.74) is -0.0519. The molecule has 0 amide bonds. The van der Waals surface area contributed by atoms with E-state index in [-0.39, 0.29) is 5.69 Å². The summed E-state index contributed by atoms with van der Waals surface area (Å²) >= 11 is 0. The maximum Gasteiger partial charge on any atom is 0.356 e. The molecule has 1 aromatic rings. The second-order valence-corrected chi connectivity index (χ2v) is 1.84. The molecule has 0 atom stereocenters. The van der Waals surface area contributed by atoms with Crippen molar-refractivity contribution < 1.29 is 9.90 Å². The molecule has 0 aliphatic heterocycles. The molecule has 1 aromatic heterocycles. The molecule has 0 radical (unpaired) electrons. The lowest BCUT2D eigenvalue weighted by Crippen LogP contribution is -2.02. The highest BCUT2D eigenvalue weighted by Gasteiger charge is 2.02. The number of nitrogens with one attached hydrogen (secondary N) is 1. The van der Waals surface area contributed by atoms with Crippen LogP contribution >= 0.6 is 0 Å². The molecule has 0 aromatic carbocycles. The largest absolute Gasteiger partial charge is 0.476 e. The van der Waals surface area contributed by atoms with E-state index < -0.39 is 5.97 Å². The number of carboxylic acids is 1. The number of rotatable bonds is 2. The van der Waals surface area contributed by atoms with E-state index in [1.54, 1.807) is 7.05 Å². The van der Waals surface area contributed by atoms with Gasteiger partial charge in [-0.05, 0) is 0 Å². The van der Waals surface area contributed by atoms with Crippen LogP contribution in [0.4, 0.5) is 5.82 Å². The van der Waals surface area contributed by atoms with Crippen molar-refractivity contribution >= 4 is 11.8 Å². The first-order valence-corrected chi connectivity index (χ1v) is 2.97.